The number of anilines is 4. The van der Waals surface area contributed by atoms with Crippen molar-refractivity contribution in [1.82, 2.24) is 19.6 Å². The van der Waals surface area contributed by atoms with Crippen LogP contribution in [0.15, 0.2) is 70.2 Å². The van der Waals surface area contributed by atoms with Gasteiger partial charge in [0.15, 0.2) is 0 Å². The number of sulfonamides is 1. The monoisotopic (exact) mass is 621 g/mol. The van der Waals surface area contributed by atoms with E-state index in [0.717, 1.165) is 12.1 Å². The molecule has 0 saturated carbocycles. The molecule has 0 saturated heterocycles. The number of nitrogens with zero attached hydrogens (tertiary/aromatic N) is 3. The van der Waals surface area contributed by atoms with Crippen molar-refractivity contribution in [3.05, 3.63) is 76.7 Å². The van der Waals surface area contributed by atoms with Gasteiger partial charge in [-0.3, -0.25) is 4.79 Å². The van der Waals surface area contributed by atoms with Crippen LogP contribution in [0.3, 0.4) is 0 Å². The van der Waals surface area contributed by atoms with Gasteiger partial charge in [0, 0.05) is 37.6 Å². The molecule has 0 spiro atoms. The number of likely N-dealkylation sites (N-methyl/N-ethyl adjacent to an activating group) is 1. The largest absolute Gasteiger partial charge is 0.478 e. The van der Waals surface area contributed by atoms with E-state index in [0.29, 0.717) is 23.2 Å². The van der Waals surface area contributed by atoms with Crippen LogP contribution in [0.1, 0.15) is 10.4 Å². The van der Waals surface area contributed by atoms with Crippen molar-refractivity contribution < 1.29 is 27.5 Å². The maximum atomic E-state index is 14.1. The smallest absolute Gasteiger partial charge is 0.328 e. The fraction of sp³-hybridized carbons (Fsp3) is 0.167. The van der Waals surface area contributed by atoms with Crippen LogP contribution in [0.4, 0.5) is 27.5 Å². The number of benzene rings is 2. The molecule has 0 unspecified atom stereocenters. The summed E-state index contributed by atoms with van der Waals surface area (Å²) in [5, 5.41) is 14.4. The Bertz CT molecular complexity index is 1490. The quantitative estimate of drug-likeness (QED) is 0.178. The Labute approximate surface area is 232 Å². The molecule has 0 bridgehead atoms. The van der Waals surface area contributed by atoms with Crippen LogP contribution in [0.2, 0.25) is 0 Å². The highest BCUT2D eigenvalue weighted by molar-refractivity contribution is 9.10. The summed E-state index contributed by atoms with van der Waals surface area (Å²) in [6.07, 6.45) is 3.94. The third kappa shape index (κ3) is 8.54. The Morgan fingerprint density at radius 1 is 1.18 bits per heavy atom. The van der Waals surface area contributed by atoms with Crippen molar-refractivity contribution in [1.29, 1.82) is 0 Å². The summed E-state index contributed by atoms with van der Waals surface area (Å²) in [5.74, 6) is -2.39. The standard InChI is InChI=1S/C24H25BrFN7O5S/c1-33(12-3-6-20(34)35)13-11-29-39(37,38)16-9-7-15(8-10-16)30-24-28-14-17(25)23(32-24)31-19-5-2-4-18(26)21(19)22(27)36/h2-10,14,29H,11-13H2,1H3,(H2,27,36)(H,34,35)(H2,28,30,31,32)/b6-3+. The van der Waals surface area contributed by atoms with E-state index >= 15 is 0 Å². The molecule has 1 heterocycles. The highest BCUT2D eigenvalue weighted by atomic mass is 79.9. The molecule has 12 nitrogen and oxygen atoms in total. The van der Waals surface area contributed by atoms with Crippen LogP contribution in [-0.2, 0) is 14.8 Å². The lowest BCUT2D eigenvalue weighted by molar-refractivity contribution is -0.131. The fourth-order valence-electron chi connectivity index (χ4n) is 3.25. The Balaban J connectivity index is 1.64. The number of carbonyl (C=O) groups excluding carboxylic acids is 1. The van der Waals surface area contributed by atoms with Crippen molar-refractivity contribution in [3.8, 4) is 0 Å². The van der Waals surface area contributed by atoms with Gasteiger partial charge in [-0.05, 0) is 59.4 Å². The van der Waals surface area contributed by atoms with Gasteiger partial charge in [-0.25, -0.2) is 27.3 Å². The van der Waals surface area contributed by atoms with Crippen LogP contribution in [0.5, 0.6) is 0 Å². The zero-order valence-corrected chi connectivity index (χ0v) is 23.0. The number of hydrogen-bond acceptors (Lipinski definition) is 9. The summed E-state index contributed by atoms with van der Waals surface area (Å²) in [7, 11) is -2.04. The van der Waals surface area contributed by atoms with Crippen molar-refractivity contribution in [2.75, 3.05) is 37.3 Å². The molecule has 1 amide bonds. The van der Waals surface area contributed by atoms with Gasteiger partial charge in [0.2, 0.25) is 16.0 Å². The number of carboxylic acids is 1. The van der Waals surface area contributed by atoms with E-state index in [4.69, 9.17) is 10.8 Å². The van der Waals surface area contributed by atoms with E-state index in [1.807, 2.05) is 0 Å². The normalized spacial score (nSPS) is 11.6. The van der Waals surface area contributed by atoms with E-state index in [2.05, 4.69) is 41.3 Å². The third-order valence-corrected chi connectivity index (χ3v) is 7.20. The maximum Gasteiger partial charge on any atom is 0.328 e. The van der Waals surface area contributed by atoms with Crippen LogP contribution in [0, 0.1) is 5.82 Å². The summed E-state index contributed by atoms with van der Waals surface area (Å²) in [6, 6.07) is 9.91. The lowest BCUT2D eigenvalue weighted by Gasteiger charge is -2.15. The first-order valence-electron chi connectivity index (χ1n) is 11.3. The van der Waals surface area contributed by atoms with E-state index in [9.17, 15) is 22.4 Å². The number of primary amides is 1. The minimum absolute atomic E-state index is 0.0469. The number of halogens is 2. The minimum Gasteiger partial charge on any atom is -0.478 e. The first-order chi connectivity index (χ1) is 18.5. The first kappa shape index (κ1) is 29.6. The summed E-state index contributed by atoms with van der Waals surface area (Å²) in [4.78, 5) is 32.5. The molecule has 39 heavy (non-hydrogen) atoms. The zero-order chi connectivity index (χ0) is 28.6. The third-order valence-electron chi connectivity index (χ3n) is 5.14. The number of amides is 1. The molecule has 0 fully saturated rings. The molecule has 0 aliphatic carbocycles. The van der Waals surface area contributed by atoms with E-state index in [-0.39, 0.29) is 34.5 Å². The summed E-state index contributed by atoms with van der Waals surface area (Å²) >= 11 is 3.30. The van der Waals surface area contributed by atoms with E-state index in [1.165, 1.54) is 48.7 Å². The number of carboxylic acid groups (broad SMARTS) is 1. The predicted molar refractivity (Wildman–Crippen MR) is 147 cm³/mol. The summed E-state index contributed by atoms with van der Waals surface area (Å²) in [5.41, 5.74) is 5.61. The van der Waals surface area contributed by atoms with Crippen LogP contribution in [0.25, 0.3) is 0 Å². The second-order valence-electron chi connectivity index (χ2n) is 8.09. The lowest BCUT2D eigenvalue weighted by atomic mass is 10.1. The molecular formula is C24H25BrFN7O5S. The molecule has 2 aromatic carbocycles. The van der Waals surface area contributed by atoms with Gasteiger partial charge in [-0.1, -0.05) is 12.1 Å². The first-order valence-corrected chi connectivity index (χ1v) is 13.6. The summed E-state index contributed by atoms with van der Waals surface area (Å²) < 4.78 is 42.2. The Hall–Kier alpha value is -3.92. The molecule has 3 aromatic rings. The molecule has 0 aliphatic heterocycles. The zero-order valence-electron chi connectivity index (χ0n) is 20.6. The molecule has 6 N–H and O–H groups in total. The highest BCUT2D eigenvalue weighted by Gasteiger charge is 2.17. The second kappa shape index (κ2) is 13.2. The van der Waals surface area contributed by atoms with Crippen molar-refractivity contribution in [3.63, 3.8) is 0 Å². The molecule has 0 aliphatic rings. The van der Waals surface area contributed by atoms with Crippen molar-refractivity contribution in [2.45, 2.75) is 4.90 Å². The Kier molecular flexibility index (Phi) is 10.1. The average Bonchev–Trinajstić information content (AvgIpc) is 2.86. The van der Waals surface area contributed by atoms with Gasteiger partial charge in [0.1, 0.15) is 11.6 Å². The van der Waals surface area contributed by atoms with E-state index in [1.54, 1.807) is 11.9 Å². The van der Waals surface area contributed by atoms with Gasteiger partial charge >= 0.3 is 5.97 Å². The average molecular weight is 622 g/mol. The highest BCUT2D eigenvalue weighted by Crippen LogP contribution is 2.28. The molecule has 206 valence electrons. The van der Waals surface area contributed by atoms with Crippen molar-refractivity contribution >= 4 is 61.0 Å². The minimum atomic E-state index is -3.77. The molecular weight excluding hydrogens is 597 g/mol. The number of aliphatic carboxylic acids is 1. The lowest BCUT2D eigenvalue weighted by Crippen LogP contribution is -2.33. The number of nitrogens with one attached hydrogen (secondary N) is 3. The van der Waals surface area contributed by atoms with Crippen LogP contribution in [-0.4, -0.2) is 67.0 Å². The van der Waals surface area contributed by atoms with Gasteiger partial charge < -0.3 is 26.4 Å². The topological polar surface area (TPSA) is 180 Å². The number of rotatable bonds is 13. The van der Waals surface area contributed by atoms with Crippen molar-refractivity contribution in [2.24, 2.45) is 5.73 Å². The Morgan fingerprint density at radius 3 is 2.56 bits per heavy atom. The Morgan fingerprint density at radius 2 is 1.90 bits per heavy atom. The van der Waals surface area contributed by atoms with Gasteiger partial charge in [0.05, 0.1) is 20.6 Å². The van der Waals surface area contributed by atoms with Gasteiger partial charge in [-0.15, -0.1) is 0 Å². The molecule has 1 aromatic heterocycles. The molecule has 0 radical (unpaired) electrons. The summed E-state index contributed by atoms with van der Waals surface area (Å²) in [6.45, 7) is 0.861. The molecule has 0 atom stereocenters. The SMILES string of the molecule is CN(C/C=C/C(=O)O)CCNS(=O)(=O)c1ccc(Nc2ncc(Br)c(Nc3cccc(F)c3C(N)=O)n2)cc1. The molecule has 3 rings (SSSR count). The number of hydrogen-bond donors (Lipinski definition) is 5. The van der Waals surface area contributed by atoms with Gasteiger partial charge in [0.25, 0.3) is 5.91 Å². The second-order valence-corrected chi connectivity index (χ2v) is 10.7. The predicted octanol–water partition coefficient (Wildman–Crippen LogP) is 2.82. The van der Waals surface area contributed by atoms with Gasteiger partial charge in [-0.2, -0.15) is 4.98 Å². The number of carbonyl (C=O) groups is 2. The number of nitrogens with two attached hydrogens (primary N) is 1. The number of aromatic nitrogens is 2. The van der Waals surface area contributed by atoms with E-state index < -0.39 is 27.7 Å². The van der Waals surface area contributed by atoms with Crippen LogP contribution < -0.4 is 21.1 Å². The van der Waals surface area contributed by atoms with Crippen LogP contribution >= 0.6 is 15.9 Å². The maximum absolute atomic E-state index is 14.1. The molecule has 15 heteroatoms. The fourth-order valence-corrected chi connectivity index (χ4v) is 4.56.